The van der Waals surface area contributed by atoms with Gasteiger partial charge >= 0.3 is 0 Å². The van der Waals surface area contributed by atoms with Crippen molar-refractivity contribution < 1.29 is 0 Å². The first kappa shape index (κ1) is 12.4. The smallest absolute Gasteiger partial charge is 0.0345 e. The molecule has 0 amide bonds. The summed E-state index contributed by atoms with van der Waals surface area (Å²) < 4.78 is 0. The molecule has 0 unspecified atom stereocenters. The Bertz CT molecular complexity index is 345. The lowest BCUT2D eigenvalue weighted by atomic mass is 9.97. The molecule has 1 aliphatic rings. The SMILES string of the molecule is Cc1cc(C)cc(NCC2CCN(C)CC2)c1. The molecule has 0 aliphatic carbocycles. The van der Waals surface area contributed by atoms with Gasteiger partial charge in [-0.05, 0) is 76.0 Å². The van der Waals surface area contributed by atoms with Crippen molar-refractivity contribution >= 4 is 5.69 Å². The van der Waals surface area contributed by atoms with Crippen LogP contribution in [0.4, 0.5) is 5.69 Å². The third-order valence-corrected chi connectivity index (χ3v) is 3.65. The van der Waals surface area contributed by atoms with Gasteiger partial charge in [0.15, 0.2) is 0 Å². The number of nitrogens with one attached hydrogen (secondary N) is 1. The van der Waals surface area contributed by atoms with Crippen LogP contribution in [0.15, 0.2) is 18.2 Å². The summed E-state index contributed by atoms with van der Waals surface area (Å²) in [7, 11) is 2.22. The summed E-state index contributed by atoms with van der Waals surface area (Å²) in [5.41, 5.74) is 3.97. The zero-order valence-corrected chi connectivity index (χ0v) is 11.3. The molecule has 2 nitrogen and oxygen atoms in total. The van der Waals surface area contributed by atoms with Gasteiger partial charge in [-0.3, -0.25) is 0 Å². The summed E-state index contributed by atoms with van der Waals surface area (Å²) in [6, 6.07) is 6.70. The molecule has 1 saturated heterocycles. The van der Waals surface area contributed by atoms with Gasteiger partial charge in [0.05, 0.1) is 0 Å². The van der Waals surface area contributed by atoms with Crippen molar-refractivity contribution in [2.45, 2.75) is 26.7 Å². The van der Waals surface area contributed by atoms with Crippen LogP contribution in [0.1, 0.15) is 24.0 Å². The predicted molar refractivity (Wildman–Crippen MR) is 74.6 cm³/mol. The molecule has 2 rings (SSSR count). The third-order valence-electron chi connectivity index (χ3n) is 3.65. The number of aryl methyl sites for hydroxylation is 2. The van der Waals surface area contributed by atoms with Gasteiger partial charge in [0.25, 0.3) is 0 Å². The van der Waals surface area contributed by atoms with Crippen LogP contribution in [0.3, 0.4) is 0 Å². The fourth-order valence-corrected chi connectivity index (χ4v) is 2.61. The third kappa shape index (κ3) is 3.74. The number of likely N-dealkylation sites (tertiary alicyclic amines) is 1. The maximum Gasteiger partial charge on any atom is 0.0345 e. The summed E-state index contributed by atoms with van der Waals surface area (Å²) in [5.74, 6) is 0.840. The van der Waals surface area contributed by atoms with Crippen LogP contribution in [0, 0.1) is 19.8 Å². The molecule has 1 aromatic rings. The second-order valence-corrected chi connectivity index (χ2v) is 5.50. The lowest BCUT2D eigenvalue weighted by Crippen LogP contribution is -2.32. The summed E-state index contributed by atoms with van der Waals surface area (Å²) in [5, 5.41) is 3.59. The van der Waals surface area contributed by atoms with Crippen LogP contribution in [0.25, 0.3) is 0 Å². The molecular formula is C15H24N2. The first-order valence-corrected chi connectivity index (χ1v) is 6.64. The van der Waals surface area contributed by atoms with Crippen molar-refractivity contribution in [3.8, 4) is 0 Å². The highest BCUT2D eigenvalue weighted by atomic mass is 15.1. The van der Waals surface area contributed by atoms with E-state index in [1.165, 1.54) is 42.7 Å². The number of benzene rings is 1. The van der Waals surface area contributed by atoms with Crippen LogP contribution in [0.2, 0.25) is 0 Å². The first-order chi connectivity index (χ1) is 8.13. The highest BCUT2D eigenvalue weighted by molar-refractivity contribution is 5.48. The van der Waals surface area contributed by atoms with Crippen LogP contribution >= 0.6 is 0 Å². The quantitative estimate of drug-likeness (QED) is 0.861. The Kier molecular flexibility index (Phi) is 4.06. The molecule has 1 aliphatic heterocycles. The topological polar surface area (TPSA) is 15.3 Å². The molecule has 1 aromatic carbocycles. The second-order valence-electron chi connectivity index (χ2n) is 5.50. The Balaban J connectivity index is 1.85. The zero-order valence-electron chi connectivity index (χ0n) is 11.3. The number of nitrogens with zero attached hydrogens (tertiary/aromatic N) is 1. The summed E-state index contributed by atoms with van der Waals surface area (Å²) in [6.45, 7) is 7.94. The van der Waals surface area contributed by atoms with Crippen molar-refractivity contribution in [2.24, 2.45) is 5.92 Å². The normalized spacial score (nSPS) is 18.3. The summed E-state index contributed by atoms with van der Waals surface area (Å²) >= 11 is 0. The second kappa shape index (κ2) is 5.54. The van der Waals surface area contributed by atoms with Gasteiger partial charge in [0, 0.05) is 12.2 Å². The minimum atomic E-state index is 0.840. The molecule has 17 heavy (non-hydrogen) atoms. The van der Waals surface area contributed by atoms with E-state index in [1.807, 2.05) is 0 Å². The van der Waals surface area contributed by atoms with E-state index in [1.54, 1.807) is 0 Å². The minimum Gasteiger partial charge on any atom is -0.385 e. The van der Waals surface area contributed by atoms with E-state index in [9.17, 15) is 0 Å². The first-order valence-electron chi connectivity index (χ1n) is 6.64. The van der Waals surface area contributed by atoms with Gasteiger partial charge < -0.3 is 10.2 Å². The molecule has 0 aromatic heterocycles. The number of anilines is 1. The van der Waals surface area contributed by atoms with Gasteiger partial charge in [0.1, 0.15) is 0 Å². The molecule has 0 atom stereocenters. The number of hydrogen-bond donors (Lipinski definition) is 1. The molecule has 2 heteroatoms. The lowest BCUT2D eigenvalue weighted by Gasteiger charge is -2.29. The average Bonchev–Trinajstić information content (AvgIpc) is 2.27. The van der Waals surface area contributed by atoms with E-state index in [0.717, 1.165) is 12.5 Å². The van der Waals surface area contributed by atoms with Gasteiger partial charge in [-0.2, -0.15) is 0 Å². The molecule has 1 fully saturated rings. The van der Waals surface area contributed by atoms with E-state index >= 15 is 0 Å². The Morgan fingerprint density at radius 2 is 1.71 bits per heavy atom. The van der Waals surface area contributed by atoms with Gasteiger partial charge in [-0.25, -0.2) is 0 Å². The van der Waals surface area contributed by atoms with E-state index in [4.69, 9.17) is 0 Å². The highest BCUT2D eigenvalue weighted by Gasteiger charge is 2.16. The predicted octanol–water partition coefficient (Wildman–Crippen LogP) is 3.06. The van der Waals surface area contributed by atoms with Crippen molar-refractivity contribution in [2.75, 3.05) is 32.0 Å². The molecule has 0 saturated carbocycles. The molecule has 0 spiro atoms. The van der Waals surface area contributed by atoms with Gasteiger partial charge in [-0.15, -0.1) is 0 Å². The number of rotatable bonds is 3. The van der Waals surface area contributed by atoms with Gasteiger partial charge in [-0.1, -0.05) is 6.07 Å². The Morgan fingerprint density at radius 3 is 2.29 bits per heavy atom. The molecule has 0 bridgehead atoms. The lowest BCUT2D eigenvalue weighted by molar-refractivity contribution is 0.226. The Hall–Kier alpha value is -1.02. The summed E-state index contributed by atoms with van der Waals surface area (Å²) in [6.07, 6.45) is 2.66. The van der Waals surface area contributed by atoms with Crippen molar-refractivity contribution in [3.05, 3.63) is 29.3 Å². The summed E-state index contributed by atoms with van der Waals surface area (Å²) in [4.78, 5) is 2.42. The molecule has 1 heterocycles. The van der Waals surface area contributed by atoms with Crippen molar-refractivity contribution in [1.29, 1.82) is 0 Å². The zero-order chi connectivity index (χ0) is 12.3. The van der Waals surface area contributed by atoms with Crippen LogP contribution in [-0.4, -0.2) is 31.6 Å². The fraction of sp³-hybridized carbons (Fsp3) is 0.600. The Labute approximate surface area is 105 Å². The standard InChI is InChI=1S/C15H24N2/c1-12-8-13(2)10-15(9-12)16-11-14-4-6-17(3)7-5-14/h8-10,14,16H,4-7,11H2,1-3H3. The van der Waals surface area contributed by atoms with Crippen molar-refractivity contribution in [1.82, 2.24) is 4.90 Å². The largest absolute Gasteiger partial charge is 0.385 e. The fourth-order valence-electron chi connectivity index (χ4n) is 2.61. The van der Waals surface area contributed by atoms with Gasteiger partial charge in [0.2, 0.25) is 0 Å². The van der Waals surface area contributed by atoms with Crippen molar-refractivity contribution in [3.63, 3.8) is 0 Å². The number of hydrogen-bond acceptors (Lipinski definition) is 2. The minimum absolute atomic E-state index is 0.840. The monoisotopic (exact) mass is 232 g/mol. The molecule has 94 valence electrons. The van der Waals surface area contributed by atoms with E-state index < -0.39 is 0 Å². The highest BCUT2D eigenvalue weighted by Crippen LogP contribution is 2.18. The molecule has 0 radical (unpaired) electrons. The Morgan fingerprint density at radius 1 is 1.12 bits per heavy atom. The molecular weight excluding hydrogens is 208 g/mol. The molecule has 1 N–H and O–H groups in total. The maximum atomic E-state index is 3.59. The van der Waals surface area contributed by atoms with Crippen LogP contribution in [0.5, 0.6) is 0 Å². The number of piperidine rings is 1. The van der Waals surface area contributed by atoms with E-state index in [-0.39, 0.29) is 0 Å². The van der Waals surface area contributed by atoms with Crippen LogP contribution < -0.4 is 5.32 Å². The van der Waals surface area contributed by atoms with E-state index in [2.05, 4.69) is 49.3 Å². The van der Waals surface area contributed by atoms with E-state index in [0.29, 0.717) is 0 Å². The van der Waals surface area contributed by atoms with Crippen LogP contribution in [-0.2, 0) is 0 Å². The maximum absolute atomic E-state index is 3.59. The average molecular weight is 232 g/mol.